The minimum Gasteiger partial charge on any atom is -0.293 e. The van der Waals surface area contributed by atoms with Crippen LogP contribution < -0.4 is 5.48 Å². The SMILES string of the molecule is C=C(NO)C1C(=O)c2ccccc2C1=O. The largest absolute Gasteiger partial charge is 0.293 e. The Morgan fingerprint density at radius 1 is 1.20 bits per heavy atom. The fourth-order valence-corrected chi connectivity index (χ4v) is 1.72. The summed E-state index contributed by atoms with van der Waals surface area (Å²) >= 11 is 0. The van der Waals surface area contributed by atoms with Crippen LogP contribution in [0, 0.1) is 5.92 Å². The Bertz CT molecular complexity index is 430. The van der Waals surface area contributed by atoms with E-state index in [4.69, 9.17) is 5.21 Å². The van der Waals surface area contributed by atoms with Gasteiger partial charge in [0, 0.05) is 16.8 Å². The number of fused-ring (bicyclic) bond motifs is 1. The van der Waals surface area contributed by atoms with Crippen molar-refractivity contribution >= 4 is 11.6 Å². The molecule has 0 aromatic heterocycles. The zero-order valence-electron chi connectivity index (χ0n) is 7.86. The Kier molecular flexibility index (Phi) is 2.13. The normalized spacial score (nSPS) is 15.3. The highest BCUT2D eigenvalue weighted by molar-refractivity contribution is 6.27. The van der Waals surface area contributed by atoms with Crippen molar-refractivity contribution in [3.05, 3.63) is 47.7 Å². The molecule has 1 aromatic rings. The van der Waals surface area contributed by atoms with Crippen molar-refractivity contribution in [2.45, 2.75) is 0 Å². The molecular formula is C11H9NO3. The summed E-state index contributed by atoms with van der Waals surface area (Å²) in [7, 11) is 0. The Balaban J connectivity index is 2.50. The molecule has 4 nitrogen and oxygen atoms in total. The first kappa shape index (κ1) is 9.61. The van der Waals surface area contributed by atoms with E-state index in [-0.39, 0.29) is 17.3 Å². The third kappa shape index (κ3) is 1.27. The first-order valence-corrected chi connectivity index (χ1v) is 4.43. The van der Waals surface area contributed by atoms with Crippen LogP contribution in [0.4, 0.5) is 0 Å². The molecule has 15 heavy (non-hydrogen) atoms. The summed E-state index contributed by atoms with van der Waals surface area (Å²) in [5, 5.41) is 8.66. The number of hydroxylamine groups is 1. The maximum atomic E-state index is 11.8. The number of nitrogens with one attached hydrogen (secondary N) is 1. The lowest BCUT2D eigenvalue weighted by Crippen LogP contribution is -2.24. The number of ketones is 2. The van der Waals surface area contributed by atoms with Gasteiger partial charge in [-0.1, -0.05) is 30.8 Å². The molecule has 0 fully saturated rings. The van der Waals surface area contributed by atoms with Gasteiger partial charge in [0.1, 0.15) is 5.92 Å². The third-order valence-corrected chi connectivity index (χ3v) is 2.47. The molecule has 0 unspecified atom stereocenters. The molecule has 4 heteroatoms. The van der Waals surface area contributed by atoms with Gasteiger partial charge in [0.25, 0.3) is 0 Å². The number of hydrogen-bond acceptors (Lipinski definition) is 4. The van der Waals surface area contributed by atoms with Crippen molar-refractivity contribution in [3.8, 4) is 0 Å². The standard InChI is InChI=1S/C11H9NO3/c1-6(12-15)9-10(13)7-4-2-3-5-8(7)11(9)14/h2-5,9,12,15H,1H2. The smallest absolute Gasteiger partial charge is 0.180 e. The van der Waals surface area contributed by atoms with Crippen LogP contribution in [0.5, 0.6) is 0 Å². The van der Waals surface area contributed by atoms with E-state index in [1.165, 1.54) is 0 Å². The van der Waals surface area contributed by atoms with Gasteiger partial charge in [-0.2, -0.15) is 0 Å². The molecule has 0 atom stereocenters. The van der Waals surface area contributed by atoms with Crippen LogP contribution in [0.2, 0.25) is 0 Å². The van der Waals surface area contributed by atoms with Crippen LogP contribution >= 0.6 is 0 Å². The van der Waals surface area contributed by atoms with Gasteiger partial charge in [0.2, 0.25) is 0 Å². The Labute approximate surface area is 86.2 Å². The van der Waals surface area contributed by atoms with Gasteiger partial charge < -0.3 is 0 Å². The predicted octanol–water partition coefficient (Wildman–Crippen LogP) is 1.17. The van der Waals surface area contributed by atoms with Crippen molar-refractivity contribution in [2.75, 3.05) is 0 Å². The van der Waals surface area contributed by atoms with Gasteiger partial charge in [-0.15, -0.1) is 0 Å². The third-order valence-electron chi connectivity index (χ3n) is 2.47. The van der Waals surface area contributed by atoms with Crippen molar-refractivity contribution < 1.29 is 14.8 Å². The molecule has 1 aliphatic rings. The van der Waals surface area contributed by atoms with Gasteiger partial charge in [0.15, 0.2) is 11.6 Å². The van der Waals surface area contributed by atoms with Gasteiger partial charge in [0.05, 0.1) is 0 Å². The average Bonchev–Trinajstić information content (AvgIpc) is 2.52. The van der Waals surface area contributed by atoms with Crippen molar-refractivity contribution in [2.24, 2.45) is 5.92 Å². The second-order valence-electron chi connectivity index (χ2n) is 3.34. The molecule has 0 spiro atoms. The topological polar surface area (TPSA) is 66.4 Å². The molecule has 0 saturated carbocycles. The first-order valence-electron chi connectivity index (χ1n) is 4.43. The molecule has 0 radical (unpaired) electrons. The highest BCUT2D eigenvalue weighted by Gasteiger charge is 2.39. The first-order chi connectivity index (χ1) is 7.16. The van der Waals surface area contributed by atoms with E-state index in [1.54, 1.807) is 29.7 Å². The number of Topliss-reactive ketones (excluding diaryl/α,β-unsaturated/α-hetero) is 2. The molecule has 0 amide bonds. The van der Waals surface area contributed by atoms with Crippen molar-refractivity contribution in [3.63, 3.8) is 0 Å². The minimum atomic E-state index is -0.993. The van der Waals surface area contributed by atoms with Gasteiger partial charge in [-0.05, 0) is 0 Å². The fourth-order valence-electron chi connectivity index (χ4n) is 1.72. The number of benzene rings is 1. The highest BCUT2D eigenvalue weighted by atomic mass is 16.5. The maximum absolute atomic E-state index is 11.8. The summed E-state index contributed by atoms with van der Waals surface area (Å²) in [6.07, 6.45) is 0. The lowest BCUT2D eigenvalue weighted by molar-refractivity contribution is 0.0830. The molecule has 1 aliphatic carbocycles. The van der Waals surface area contributed by atoms with Crippen LogP contribution in [-0.4, -0.2) is 16.8 Å². The summed E-state index contributed by atoms with van der Waals surface area (Å²) in [6.45, 7) is 3.44. The second-order valence-corrected chi connectivity index (χ2v) is 3.34. The van der Waals surface area contributed by atoms with Crippen LogP contribution in [0.15, 0.2) is 36.5 Å². The number of hydrogen-bond donors (Lipinski definition) is 2. The highest BCUT2D eigenvalue weighted by Crippen LogP contribution is 2.29. The summed E-state index contributed by atoms with van der Waals surface area (Å²) in [5.74, 6) is -1.63. The van der Waals surface area contributed by atoms with Crippen LogP contribution in [-0.2, 0) is 0 Å². The Hall–Kier alpha value is -1.94. The number of allylic oxidation sites excluding steroid dienone is 1. The van der Waals surface area contributed by atoms with Gasteiger partial charge in [-0.25, -0.2) is 0 Å². The molecule has 2 rings (SSSR count). The quantitative estimate of drug-likeness (QED) is 0.559. The molecular weight excluding hydrogens is 194 g/mol. The van der Waals surface area contributed by atoms with Gasteiger partial charge >= 0.3 is 0 Å². The van der Waals surface area contributed by atoms with Crippen LogP contribution in [0.1, 0.15) is 20.7 Å². The molecule has 76 valence electrons. The van der Waals surface area contributed by atoms with E-state index < -0.39 is 5.92 Å². The summed E-state index contributed by atoms with van der Waals surface area (Å²) in [4.78, 5) is 23.5. The van der Waals surface area contributed by atoms with E-state index in [0.717, 1.165) is 0 Å². The Morgan fingerprint density at radius 3 is 2.07 bits per heavy atom. The molecule has 2 N–H and O–H groups in total. The molecule has 1 aromatic carbocycles. The van der Waals surface area contributed by atoms with Crippen LogP contribution in [0.25, 0.3) is 0 Å². The summed E-state index contributed by atoms with van der Waals surface area (Å²) in [6, 6.07) is 6.59. The van der Waals surface area contributed by atoms with Crippen molar-refractivity contribution in [1.82, 2.24) is 5.48 Å². The molecule has 0 heterocycles. The Morgan fingerprint density at radius 2 is 1.67 bits per heavy atom. The lowest BCUT2D eigenvalue weighted by atomic mass is 10.0. The van der Waals surface area contributed by atoms with E-state index in [2.05, 4.69) is 6.58 Å². The van der Waals surface area contributed by atoms with E-state index in [1.807, 2.05) is 0 Å². The zero-order chi connectivity index (χ0) is 11.0. The maximum Gasteiger partial charge on any atom is 0.180 e. The van der Waals surface area contributed by atoms with E-state index in [0.29, 0.717) is 11.1 Å². The number of rotatable bonds is 2. The second kappa shape index (κ2) is 3.33. The molecule has 0 aliphatic heterocycles. The minimum absolute atomic E-state index is 0.0150. The van der Waals surface area contributed by atoms with Gasteiger partial charge in [-0.3, -0.25) is 20.3 Å². The monoisotopic (exact) mass is 203 g/mol. The van der Waals surface area contributed by atoms with Crippen molar-refractivity contribution in [1.29, 1.82) is 0 Å². The predicted molar refractivity (Wildman–Crippen MR) is 52.7 cm³/mol. The van der Waals surface area contributed by atoms with Crippen LogP contribution in [0.3, 0.4) is 0 Å². The summed E-state index contributed by atoms with van der Waals surface area (Å²) < 4.78 is 0. The number of carbonyl (C=O) groups excluding carboxylic acids is 2. The average molecular weight is 203 g/mol. The fraction of sp³-hybridized carbons (Fsp3) is 0.0909. The van der Waals surface area contributed by atoms with E-state index >= 15 is 0 Å². The lowest BCUT2D eigenvalue weighted by Gasteiger charge is -2.07. The molecule has 0 saturated heterocycles. The zero-order valence-corrected chi connectivity index (χ0v) is 7.86. The molecule has 0 bridgehead atoms. The van der Waals surface area contributed by atoms with E-state index in [9.17, 15) is 9.59 Å². The number of carbonyl (C=O) groups is 2. The summed E-state index contributed by atoms with van der Waals surface area (Å²) in [5.41, 5.74) is 2.57.